The molecule has 0 radical (unpaired) electrons. The van der Waals surface area contributed by atoms with E-state index < -0.39 is 6.10 Å². The third-order valence-electron chi connectivity index (χ3n) is 4.60. The molecule has 1 aliphatic heterocycles. The van der Waals surface area contributed by atoms with Crippen LogP contribution in [0.4, 0.5) is 0 Å². The Morgan fingerprint density at radius 1 is 1.27 bits per heavy atom. The first kappa shape index (κ1) is 19.4. The second-order valence-corrected chi connectivity index (χ2v) is 7.82. The molecule has 2 aromatic carbocycles. The third kappa shape index (κ3) is 5.30. The Bertz CT molecular complexity index is 737. The molecule has 1 fully saturated rings. The highest BCUT2D eigenvalue weighted by Gasteiger charge is 2.24. The Balaban J connectivity index is 1.51. The van der Waals surface area contributed by atoms with Gasteiger partial charge in [-0.3, -0.25) is 4.90 Å². The van der Waals surface area contributed by atoms with Crippen LogP contribution in [0.3, 0.4) is 0 Å². The zero-order valence-corrected chi connectivity index (χ0v) is 16.9. The normalized spacial score (nSPS) is 19.3. The molecule has 0 aliphatic carbocycles. The Morgan fingerprint density at radius 2 is 2.12 bits per heavy atom. The molecule has 1 heterocycles. The Morgan fingerprint density at radius 3 is 2.88 bits per heavy atom. The van der Waals surface area contributed by atoms with Crippen LogP contribution in [-0.4, -0.2) is 49.0 Å². The molecule has 26 heavy (non-hydrogen) atoms. The number of aryl methyl sites for hydroxylation is 2. The van der Waals surface area contributed by atoms with E-state index in [0.717, 1.165) is 34.4 Å². The molecule has 2 aromatic rings. The minimum atomic E-state index is -0.531. The standard InChI is InChI=1S/C21H26BrNO3/c1-15-6-7-20(16(2)10-15)26-14-19(24)12-23-8-9-25-21(13-23)17-4-3-5-18(22)11-17/h3-7,10-11,19,21,24H,8-9,12-14H2,1-2H3. The third-order valence-corrected chi connectivity index (χ3v) is 5.09. The average molecular weight is 420 g/mol. The molecule has 1 aliphatic rings. The van der Waals surface area contributed by atoms with E-state index in [1.807, 2.05) is 31.2 Å². The van der Waals surface area contributed by atoms with Crippen molar-refractivity contribution in [1.29, 1.82) is 0 Å². The molecule has 0 spiro atoms. The number of hydrogen-bond donors (Lipinski definition) is 1. The van der Waals surface area contributed by atoms with Crippen LogP contribution in [0.5, 0.6) is 5.75 Å². The zero-order chi connectivity index (χ0) is 18.5. The lowest BCUT2D eigenvalue weighted by atomic mass is 10.1. The molecule has 0 amide bonds. The van der Waals surface area contributed by atoms with E-state index >= 15 is 0 Å². The maximum Gasteiger partial charge on any atom is 0.122 e. The maximum atomic E-state index is 10.4. The lowest BCUT2D eigenvalue weighted by molar-refractivity contribution is -0.0459. The van der Waals surface area contributed by atoms with Crippen LogP contribution in [0.25, 0.3) is 0 Å². The first-order chi connectivity index (χ1) is 12.5. The Kier molecular flexibility index (Phi) is 6.70. The van der Waals surface area contributed by atoms with Gasteiger partial charge < -0.3 is 14.6 Å². The molecule has 0 bridgehead atoms. The van der Waals surface area contributed by atoms with Gasteiger partial charge in [0.2, 0.25) is 0 Å². The summed E-state index contributed by atoms with van der Waals surface area (Å²) >= 11 is 3.51. The van der Waals surface area contributed by atoms with Crippen LogP contribution in [0.15, 0.2) is 46.9 Å². The van der Waals surface area contributed by atoms with E-state index in [1.165, 1.54) is 5.56 Å². The van der Waals surface area contributed by atoms with Gasteiger partial charge in [0.15, 0.2) is 0 Å². The van der Waals surface area contributed by atoms with Crippen LogP contribution in [0.2, 0.25) is 0 Å². The van der Waals surface area contributed by atoms with Crippen molar-refractivity contribution in [3.8, 4) is 5.75 Å². The van der Waals surface area contributed by atoms with E-state index in [2.05, 4.69) is 46.0 Å². The summed E-state index contributed by atoms with van der Waals surface area (Å²) in [5.41, 5.74) is 3.46. The number of aliphatic hydroxyl groups excluding tert-OH is 1. The first-order valence-electron chi connectivity index (χ1n) is 8.99. The summed E-state index contributed by atoms with van der Waals surface area (Å²) in [6.45, 7) is 7.23. The molecule has 1 N–H and O–H groups in total. The molecule has 3 rings (SSSR count). The summed E-state index contributed by atoms with van der Waals surface area (Å²) in [4.78, 5) is 2.24. The van der Waals surface area contributed by atoms with Crippen LogP contribution >= 0.6 is 15.9 Å². The Hall–Kier alpha value is -1.40. The lowest BCUT2D eigenvalue weighted by Crippen LogP contribution is -2.43. The van der Waals surface area contributed by atoms with Crippen molar-refractivity contribution < 1.29 is 14.6 Å². The smallest absolute Gasteiger partial charge is 0.122 e. The highest BCUT2D eigenvalue weighted by atomic mass is 79.9. The number of nitrogens with zero attached hydrogens (tertiary/aromatic N) is 1. The van der Waals surface area contributed by atoms with Gasteiger partial charge in [-0.15, -0.1) is 0 Å². The minimum absolute atomic E-state index is 0.0358. The summed E-state index contributed by atoms with van der Waals surface area (Å²) in [7, 11) is 0. The van der Waals surface area contributed by atoms with E-state index in [9.17, 15) is 5.11 Å². The number of aliphatic hydroxyl groups is 1. The molecule has 2 atom stereocenters. The van der Waals surface area contributed by atoms with E-state index in [1.54, 1.807) is 0 Å². The second kappa shape index (κ2) is 9.00. The number of benzene rings is 2. The average Bonchev–Trinajstić information content (AvgIpc) is 2.61. The van der Waals surface area contributed by atoms with Crippen LogP contribution < -0.4 is 4.74 Å². The molecule has 2 unspecified atom stereocenters. The molecule has 5 heteroatoms. The molecule has 0 saturated carbocycles. The summed E-state index contributed by atoms with van der Waals surface area (Å²) in [5, 5.41) is 10.4. The summed E-state index contributed by atoms with van der Waals surface area (Å²) < 4.78 is 12.8. The van der Waals surface area contributed by atoms with Crippen molar-refractivity contribution in [3.63, 3.8) is 0 Å². The van der Waals surface area contributed by atoms with Gasteiger partial charge in [0, 0.05) is 24.1 Å². The fourth-order valence-corrected chi connectivity index (χ4v) is 3.69. The van der Waals surface area contributed by atoms with Crippen molar-refractivity contribution in [3.05, 3.63) is 63.6 Å². The fraction of sp³-hybridized carbons (Fsp3) is 0.429. The highest BCUT2D eigenvalue weighted by Crippen LogP contribution is 2.25. The van der Waals surface area contributed by atoms with Crippen molar-refractivity contribution >= 4 is 15.9 Å². The van der Waals surface area contributed by atoms with Gasteiger partial charge in [-0.2, -0.15) is 0 Å². The first-order valence-corrected chi connectivity index (χ1v) is 9.78. The van der Waals surface area contributed by atoms with E-state index in [4.69, 9.17) is 9.47 Å². The monoisotopic (exact) mass is 419 g/mol. The molecule has 0 aromatic heterocycles. The topological polar surface area (TPSA) is 41.9 Å². The van der Waals surface area contributed by atoms with E-state index in [0.29, 0.717) is 19.8 Å². The van der Waals surface area contributed by atoms with Crippen molar-refractivity contribution in [2.45, 2.75) is 26.1 Å². The van der Waals surface area contributed by atoms with Crippen LogP contribution in [0.1, 0.15) is 22.8 Å². The maximum absolute atomic E-state index is 10.4. The predicted molar refractivity (Wildman–Crippen MR) is 107 cm³/mol. The van der Waals surface area contributed by atoms with Crippen molar-refractivity contribution in [1.82, 2.24) is 4.90 Å². The number of rotatable bonds is 6. The number of hydrogen-bond acceptors (Lipinski definition) is 4. The summed E-state index contributed by atoms with van der Waals surface area (Å²) in [6, 6.07) is 14.3. The van der Waals surface area contributed by atoms with Gasteiger partial charge in [-0.05, 0) is 43.2 Å². The Labute approximate surface area is 163 Å². The van der Waals surface area contributed by atoms with Gasteiger partial charge in [-0.25, -0.2) is 0 Å². The fourth-order valence-electron chi connectivity index (χ4n) is 3.27. The molecular weight excluding hydrogens is 394 g/mol. The quantitative estimate of drug-likeness (QED) is 0.771. The molecule has 140 valence electrons. The second-order valence-electron chi connectivity index (χ2n) is 6.91. The van der Waals surface area contributed by atoms with Crippen molar-refractivity contribution in [2.24, 2.45) is 0 Å². The van der Waals surface area contributed by atoms with Gasteiger partial charge in [-0.1, -0.05) is 45.8 Å². The highest BCUT2D eigenvalue weighted by molar-refractivity contribution is 9.10. The SMILES string of the molecule is Cc1ccc(OCC(O)CN2CCOC(c3cccc(Br)c3)C2)c(C)c1. The number of halogens is 1. The number of ether oxygens (including phenoxy) is 2. The lowest BCUT2D eigenvalue weighted by Gasteiger charge is -2.34. The molecule has 4 nitrogen and oxygen atoms in total. The zero-order valence-electron chi connectivity index (χ0n) is 15.3. The van der Waals surface area contributed by atoms with Gasteiger partial charge in [0.25, 0.3) is 0 Å². The van der Waals surface area contributed by atoms with Crippen LogP contribution in [-0.2, 0) is 4.74 Å². The largest absolute Gasteiger partial charge is 0.491 e. The van der Waals surface area contributed by atoms with Crippen LogP contribution in [0, 0.1) is 13.8 Å². The van der Waals surface area contributed by atoms with Crippen molar-refractivity contribution in [2.75, 3.05) is 32.8 Å². The molecule has 1 saturated heterocycles. The number of morpholine rings is 1. The predicted octanol–water partition coefficient (Wildman–Crippen LogP) is 3.88. The summed E-state index contributed by atoms with van der Waals surface area (Å²) in [5.74, 6) is 0.837. The van der Waals surface area contributed by atoms with Gasteiger partial charge >= 0.3 is 0 Å². The summed E-state index contributed by atoms with van der Waals surface area (Å²) in [6.07, 6.45) is -0.495. The van der Waals surface area contributed by atoms with Gasteiger partial charge in [0.1, 0.15) is 18.5 Å². The molecular formula is C21H26BrNO3. The number of β-amino-alcohol motifs (C(OH)–C–C–N with tert-alkyl or cyclic N) is 1. The minimum Gasteiger partial charge on any atom is -0.491 e. The van der Waals surface area contributed by atoms with Gasteiger partial charge in [0.05, 0.1) is 12.7 Å². The van der Waals surface area contributed by atoms with E-state index in [-0.39, 0.29) is 6.10 Å².